The van der Waals surface area contributed by atoms with Crippen molar-refractivity contribution in [3.63, 3.8) is 0 Å². The molecule has 0 bridgehead atoms. The number of hydrogen-bond acceptors (Lipinski definition) is 11. The lowest BCUT2D eigenvalue weighted by Crippen LogP contribution is -2.64. The molecule has 1 rings (SSSR count). The van der Waals surface area contributed by atoms with Gasteiger partial charge < -0.3 is 46.0 Å². The summed E-state index contributed by atoms with van der Waals surface area (Å²) in [5, 5.41) is 73.8. The summed E-state index contributed by atoms with van der Waals surface area (Å²) in [4.78, 5) is 23.2. The van der Waals surface area contributed by atoms with Crippen LogP contribution >= 0.6 is 7.82 Å². The van der Waals surface area contributed by atoms with Crippen molar-refractivity contribution in [2.45, 2.75) is 210 Å². The van der Waals surface area contributed by atoms with Gasteiger partial charge in [0.25, 0.3) is 0 Å². The highest BCUT2D eigenvalue weighted by atomic mass is 31.2. The van der Waals surface area contributed by atoms with Gasteiger partial charge in [0.05, 0.1) is 31.3 Å². The van der Waals surface area contributed by atoms with Gasteiger partial charge >= 0.3 is 7.82 Å². The molecule has 0 heterocycles. The first-order valence-electron chi connectivity index (χ1n) is 19.7. The van der Waals surface area contributed by atoms with E-state index >= 15 is 0 Å². The monoisotopic (exact) mass is 753 g/mol. The molecule has 51 heavy (non-hydrogen) atoms. The number of aliphatic hydroxyl groups excluding tert-OH is 7. The molecule has 1 amide bonds. The largest absolute Gasteiger partial charge is 0.472 e. The molecule has 0 aliphatic heterocycles. The molecule has 302 valence electrons. The van der Waals surface area contributed by atoms with E-state index in [1.807, 2.05) is 0 Å². The molecule has 0 aromatic heterocycles. The third-order valence-electron chi connectivity index (χ3n) is 9.62. The molecule has 9 N–H and O–H groups in total. The van der Waals surface area contributed by atoms with Crippen molar-refractivity contribution >= 4 is 13.7 Å². The number of hydrogen-bond donors (Lipinski definition) is 9. The molecule has 8 atom stereocenters. The van der Waals surface area contributed by atoms with E-state index in [4.69, 9.17) is 9.05 Å². The molecule has 1 saturated carbocycles. The predicted molar refractivity (Wildman–Crippen MR) is 197 cm³/mol. The van der Waals surface area contributed by atoms with Crippen molar-refractivity contribution < 1.29 is 59.0 Å². The lowest BCUT2D eigenvalue weighted by Gasteiger charge is -2.41. The summed E-state index contributed by atoms with van der Waals surface area (Å²) in [6.45, 7) is 3.63. The third kappa shape index (κ3) is 21.5. The van der Waals surface area contributed by atoms with Crippen LogP contribution in [0.5, 0.6) is 0 Å². The minimum atomic E-state index is -5.12. The first-order chi connectivity index (χ1) is 24.3. The molecule has 0 aromatic carbocycles. The Morgan fingerprint density at radius 3 is 1.61 bits per heavy atom. The van der Waals surface area contributed by atoms with Crippen LogP contribution in [0, 0.1) is 0 Å². The summed E-state index contributed by atoms with van der Waals surface area (Å²) in [7, 11) is -5.12. The maximum atomic E-state index is 12.9. The smallest absolute Gasteiger partial charge is 0.393 e. The molecule has 13 nitrogen and oxygen atoms in total. The fourth-order valence-electron chi connectivity index (χ4n) is 6.30. The number of carbonyl (C=O) groups is 1. The number of unbranched alkanes of at least 4 members (excludes halogenated alkanes) is 18. The molecular weight excluding hydrogens is 681 g/mol. The number of allylic oxidation sites excluding steroid dienone is 1. The van der Waals surface area contributed by atoms with E-state index in [2.05, 4.69) is 19.2 Å². The Labute approximate surface area is 306 Å². The van der Waals surface area contributed by atoms with Crippen LogP contribution in [-0.4, -0.2) is 108 Å². The average molecular weight is 754 g/mol. The van der Waals surface area contributed by atoms with Crippen molar-refractivity contribution in [1.29, 1.82) is 0 Å². The number of rotatable bonds is 31. The van der Waals surface area contributed by atoms with E-state index in [1.165, 1.54) is 70.3 Å². The second kappa shape index (κ2) is 28.5. The molecule has 0 spiro atoms. The summed E-state index contributed by atoms with van der Waals surface area (Å²) in [5.41, 5.74) is 0. The lowest BCUT2D eigenvalue weighted by molar-refractivity contribution is -0.220. The minimum absolute atomic E-state index is 0.241. The normalized spacial score (nSPS) is 25.5. The zero-order valence-electron chi connectivity index (χ0n) is 31.3. The van der Waals surface area contributed by atoms with Crippen LogP contribution in [0.15, 0.2) is 12.2 Å². The predicted octanol–water partition coefficient (Wildman–Crippen LogP) is 4.69. The van der Waals surface area contributed by atoms with Gasteiger partial charge in [0.2, 0.25) is 5.91 Å². The highest BCUT2D eigenvalue weighted by Crippen LogP contribution is 2.47. The number of phosphoric ester groups is 1. The van der Waals surface area contributed by atoms with E-state index in [0.29, 0.717) is 12.8 Å². The second-order valence-electron chi connectivity index (χ2n) is 14.3. The first kappa shape index (κ1) is 48.1. The quantitative estimate of drug-likeness (QED) is 0.0267. The molecule has 1 aliphatic carbocycles. The van der Waals surface area contributed by atoms with Crippen LogP contribution in [0.2, 0.25) is 0 Å². The Morgan fingerprint density at radius 2 is 1.12 bits per heavy atom. The number of phosphoric acid groups is 1. The second-order valence-corrected chi connectivity index (χ2v) is 15.7. The van der Waals surface area contributed by atoms with E-state index in [9.17, 15) is 50.0 Å². The maximum absolute atomic E-state index is 12.9. The highest BCUT2D eigenvalue weighted by Gasteiger charge is 2.51. The van der Waals surface area contributed by atoms with Gasteiger partial charge in [-0.3, -0.25) is 13.8 Å². The van der Waals surface area contributed by atoms with Crippen LogP contribution < -0.4 is 5.32 Å². The van der Waals surface area contributed by atoms with Crippen LogP contribution in [0.3, 0.4) is 0 Å². The van der Waals surface area contributed by atoms with E-state index in [0.717, 1.165) is 57.8 Å². The Kier molecular flexibility index (Phi) is 26.8. The Morgan fingerprint density at radius 1 is 0.686 bits per heavy atom. The van der Waals surface area contributed by atoms with Gasteiger partial charge in [-0.1, -0.05) is 142 Å². The van der Waals surface area contributed by atoms with Crippen LogP contribution in [0.25, 0.3) is 0 Å². The topological polar surface area (TPSA) is 226 Å². The van der Waals surface area contributed by atoms with Crippen LogP contribution in [0.1, 0.15) is 155 Å². The number of nitrogens with one attached hydrogen (secondary N) is 1. The summed E-state index contributed by atoms with van der Waals surface area (Å²) >= 11 is 0. The summed E-state index contributed by atoms with van der Waals surface area (Å²) in [6, 6.07) is -1.23. The fourth-order valence-corrected chi connectivity index (χ4v) is 7.26. The zero-order chi connectivity index (χ0) is 38.1. The third-order valence-corrected chi connectivity index (χ3v) is 10.6. The summed E-state index contributed by atoms with van der Waals surface area (Å²) in [6.07, 6.45) is 12.2. The summed E-state index contributed by atoms with van der Waals surface area (Å²) in [5.74, 6) is -0.597. The Hall–Kier alpha value is -0.960. The molecule has 1 fully saturated rings. The van der Waals surface area contributed by atoms with Crippen LogP contribution in [0.4, 0.5) is 0 Å². The Bertz CT molecular complexity index is 943. The fraction of sp³-hybridized carbons (Fsp3) is 0.919. The van der Waals surface area contributed by atoms with E-state index < -0.39 is 75.2 Å². The maximum Gasteiger partial charge on any atom is 0.472 e. The lowest BCUT2D eigenvalue weighted by atomic mass is 9.85. The van der Waals surface area contributed by atoms with E-state index in [1.54, 1.807) is 6.08 Å². The molecule has 1 aliphatic rings. The van der Waals surface area contributed by atoms with Crippen molar-refractivity contribution in [1.82, 2.24) is 5.32 Å². The van der Waals surface area contributed by atoms with Gasteiger partial charge in [-0.15, -0.1) is 0 Å². The SMILES string of the molecule is CCCCCCC/C=C/C(O)C(COP(=O)(O)OC1C(O)C(O)C(O)C(O)C1O)NC(=O)CC(O)CCCCCCCCCCCCCCCC. The average Bonchev–Trinajstić information content (AvgIpc) is 3.09. The summed E-state index contributed by atoms with van der Waals surface area (Å²) < 4.78 is 22.6. The number of carbonyl (C=O) groups excluding carboxylic acids is 1. The van der Waals surface area contributed by atoms with Gasteiger partial charge in [-0.2, -0.15) is 0 Å². The van der Waals surface area contributed by atoms with E-state index in [-0.39, 0.29) is 6.42 Å². The molecule has 8 unspecified atom stereocenters. The molecule has 14 heteroatoms. The van der Waals surface area contributed by atoms with Crippen molar-refractivity contribution in [2.75, 3.05) is 6.61 Å². The molecular formula is C37H72NO12P. The standard InChI is InChI=1S/C37H72NO12P/c1-3-5-7-9-11-12-13-14-15-16-17-19-20-22-24-28(39)26-31(41)38-29(30(40)25-23-21-18-10-8-6-4-2)27-49-51(47,48)50-37-35(45)33(43)32(42)34(44)36(37)46/h23,25,28-30,32-37,39-40,42-46H,3-22,24,26-27H2,1-2H3,(H,38,41)(H,47,48)/b25-23+. The Balaban J connectivity index is 2.56. The molecule has 0 radical (unpaired) electrons. The molecule has 0 saturated heterocycles. The zero-order valence-corrected chi connectivity index (χ0v) is 32.2. The van der Waals surface area contributed by atoms with Gasteiger partial charge in [0.1, 0.15) is 36.6 Å². The first-order valence-corrected chi connectivity index (χ1v) is 21.2. The van der Waals surface area contributed by atoms with Crippen molar-refractivity contribution in [2.24, 2.45) is 0 Å². The van der Waals surface area contributed by atoms with Gasteiger partial charge in [0, 0.05) is 0 Å². The molecule has 0 aromatic rings. The number of aliphatic hydroxyl groups is 7. The van der Waals surface area contributed by atoms with Gasteiger partial charge in [0.15, 0.2) is 0 Å². The number of amides is 1. The van der Waals surface area contributed by atoms with Crippen molar-refractivity contribution in [3.8, 4) is 0 Å². The van der Waals surface area contributed by atoms with Gasteiger partial charge in [-0.05, 0) is 19.3 Å². The van der Waals surface area contributed by atoms with Gasteiger partial charge in [-0.25, -0.2) is 4.57 Å². The highest BCUT2D eigenvalue weighted by molar-refractivity contribution is 7.47. The minimum Gasteiger partial charge on any atom is -0.393 e. The van der Waals surface area contributed by atoms with Crippen LogP contribution in [-0.2, 0) is 18.4 Å². The van der Waals surface area contributed by atoms with Crippen molar-refractivity contribution in [3.05, 3.63) is 12.2 Å².